The number of carboxylic acid groups (broad SMARTS) is 1. The molecule has 30 heavy (non-hydrogen) atoms. The topological polar surface area (TPSA) is 142 Å². The molecule has 1 amide bonds. The van der Waals surface area contributed by atoms with E-state index in [1.165, 1.54) is 6.92 Å². The highest BCUT2D eigenvalue weighted by atomic mass is 16.6. The van der Waals surface area contributed by atoms with E-state index in [0.29, 0.717) is 11.4 Å². The van der Waals surface area contributed by atoms with E-state index < -0.39 is 17.6 Å². The normalized spacial score (nSPS) is 14.1. The predicted molar refractivity (Wildman–Crippen MR) is 110 cm³/mol. The third-order valence-electron chi connectivity index (χ3n) is 5.43. The minimum Gasteiger partial charge on any atom is -0.478 e. The molecule has 0 spiro atoms. The lowest BCUT2D eigenvalue weighted by molar-refractivity contribution is -0.150. The molecule has 0 radical (unpaired) electrons. The third-order valence-corrected chi connectivity index (χ3v) is 5.43. The van der Waals surface area contributed by atoms with Crippen LogP contribution in [0.5, 0.6) is 0 Å². The molecule has 2 aromatic rings. The molecular formula is C21H23N5O4. The van der Waals surface area contributed by atoms with Crippen molar-refractivity contribution >= 4 is 12.1 Å². The largest absolute Gasteiger partial charge is 0.511 e. The van der Waals surface area contributed by atoms with Gasteiger partial charge in [-0.3, -0.25) is 0 Å². The molecule has 9 heteroatoms. The van der Waals surface area contributed by atoms with E-state index in [4.69, 9.17) is 16.0 Å². The van der Waals surface area contributed by atoms with Gasteiger partial charge in [0.2, 0.25) is 5.54 Å². The predicted octanol–water partition coefficient (Wildman–Crippen LogP) is 4.05. The van der Waals surface area contributed by atoms with Crippen LogP contribution in [0, 0.1) is 0 Å². The molecule has 0 saturated heterocycles. The Labute approximate surface area is 173 Å². The van der Waals surface area contributed by atoms with Crippen molar-refractivity contribution in [2.45, 2.75) is 31.2 Å². The molecule has 3 N–H and O–H groups in total. The lowest BCUT2D eigenvalue weighted by atomic mass is 9.95. The van der Waals surface area contributed by atoms with Crippen molar-refractivity contribution in [2.24, 2.45) is 11.0 Å². The van der Waals surface area contributed by atoms with Crippen molar-refractivity contribution in [3.63, 3.8) is 0 Å². The highest BCUT2D eigenvalue weighted by Crippen LogP contribution is 2.44. The molecule has 1 aliphatic carbocycles. The Bertz CT molecular complexity index is 959. The van der Waals surface area contributed by atoms with Gasteiger partial charge >= 0.3 is 12.1 Å². The molecular weight excluding hydrogens is 386 g/mol. The number of benzene rings is 2. The number of carbonyl (C=O) groups is 2. The lowest BCUT2D eigenvalue weighted by Gasteiger charge is -2.28. The number of carboxylic acids is 1. The molecule has 0 fully saturated rings. The summed E-state index contributed by atoms with van der Waals surface area (Å²) in [6.45, 7) is 1.52. The molecule has 0 aliphatic heterocycles. The van der Waals surface area contributed by atoms with Crippen LogP contribution in [0.1, 0.15) is 36.8 Å². The van der Waals surface area contributed by atoms with E-state index in [1.54, 1.807) is 0 Å². The Hall–Kier alpha value is -3.55. The smallest absolute Gasteiger partial charge is 0.478 e. The number of amides is 1. The molecule has 156 valence electrons. The van der Waals surface area contributed by atoms with E-state index in [9.17, 15) is 14.7 Å². The zero-order valence-electron chi connectivity index (χ0n) is 16.6. The van der Waals surface area contributed by atoms with Crippen LogP contribution in [0.3, 0.4) is 0 Å². The summed E-state index contributed by atoms with van der Waals surface area (Å²) in [5.41, 5.74) is 16.8. The zero-order valence-corrected chi connectivity index (χ0v) is 16.6. The number of carbonyl (C=O) groups excluding carboxylic acids is 1. The quantitative estimate of drug-likeness (QED) is 0.293. The van der Waals surface area contributed by atoms with Gasteiger partial charge in [-0.15, -0.1) is 10.5 Å². The Kier molecular flexibility index (Phi) is 6.25. The summed E-state index contributed by atoms with van der Waals surface area (Å²) in [4.78, 5) is 27.3. The molecule has 0 bridgehead atoms. The first kappa shape index (κ1) is 21.2. The average Bonchev–Trinajstić information content (AvgIpc) is 3.08. The minimum absolute atomic E-state index is 0.0159. The SMILES string of the molecule is C[C@](CCCN)(C(=O)O)N(N=[N+]=[N-])C(=O)OCC1c2ccccc2-c2ccccc21. The average molecular weight is 409 g/mol. The molecule has 0 aromatic heterocycles. The second kappa shape index (κ2) is 8.86. The fraction of sp³-hybridized carbons (Fsp3) is 0.333. The number of aliphatic carboxylic acids is 1. The van der Waals surface area contributed by atoms with E-state index in [-0.39, 0.29) is 25.5 Å². The molecule has 1 atom stereocenters. The fourth-order valence-electron chi connectivity index (χ4n) is 3.78. The number of fused-ring (bicyclic) bond motifs is 3. The van der Waals surface area contributed by atoms with Crippen molar-refractivity contribution < 1.29 is 19.4 Å². The second-order valence-electron chi connectivity index (χ2n) is 7.27. The maximum absolute atomic E-state index is 12.8. The Morgan fingerprint density at radius 2 is 1.77 bits per heavy atom. The van der Waals surface area contributed by atoms with Crippen LogP contribution >= 0.6 is 0 Å². The molecule has 9 nitrogen and oxygen atoms in total. The minimum atomic E-state index is -1.77. The van der Waals surface area contributed by atoms with Gasteiger partial charge in [-0.05, 0) is 47.4 Å². The van der Waals surface area contributed by atoms with Crippen molar-refractivity contribution in [2.75, 3.05) is 13.2 Å². The molecule has 0 heterocycles. The van der Waals surface area contributed by atoms with E-state index in [1.807, 2.05) is 48.5 Å². The van der Waals surface area contributed by atoms with Crippen LogP contribution in [0.25, 0.3) is 21.6 Å². The Morgan fingerprint density at radius 3 is 2.27 bits per heavy atom. The lowest BCUT2D eigenvalue weighted by Crippen LogP contribution is -2.52. The zero-order chi connectivity index (χ0) is 21.7. The summed E-state index contributed by atoms with van der Waals surface area (Å²) >= 11 is 0. The van der Waals surface area contributed by atoms with Crippen molar-refractivity contribution in [1.82, 2.24) is 5.01 Å². The van der Waals surface area contributed by atoms with Gasteiger partial charge in [0.05, 0.1) is 0 Å². The maximum atomic E-state index is 12.8. The molecule has 0 saturated carbocycles. The van der Waals surface area contributed by atoms with Gasteiger partial charge in [-0.1, -0.05) is 48.5 Å². The van der Waals surface area contributed by atoms with Crippen LogP contribution in [0.4, 0.5) is 4.79 Å². The molecule has 0 unspecified atom stereocenters. The molecule has 1 aliphatic rings. The van der Waals surface area contributed by atoms with Crippen LogP contribution in [0.15, 0.2) is 53.8 Å². The molecule has 3 rings (SSSR count). The summed E-state index contributed by atoms with van der Waals surface area (Å²) in [6.07, 6.45) is -0.671. The van der Waals surface area contributed by atoms with Gasteiger partial charge in [0.1, 0.15) is 6.61 Å². The van der Waals surface area contributed by atoms with E-state index in [2.05, 4.69) is 10.1 Å². The first-order chi connectivity index (χ1) is 14.4. The number of azide groups is 1. The van der Waals surface area contributed by atoms with Crippen LogP contribution in [-0.2, 0) is 9.53 Å². The summed E-state index contributed by atoms with van der Waals surface area (Å²) in [5, 5.41) is 13.5. The van der Waals surface area contributed by atoms with Crippen molar-refractivity contribution in [1.29, 1.82) is 0 Å². The number of rotatable bonds is 8. The van der Waals surface area contributed by atoms with Gasteiger partial charge < -0.3 is 15.6 Å². The van der Waals surface area contributed by atoms with Gasteiger partial charge in [0.15, 0.2) is 0 Å². The first-order valence-corrected chi connectivity index (χ1v) is 9.57. The maximum Gasteiger partial charge on any atom is 0.511 e. The van der Waals surface area contributed by atoms with Crippen molar-refractivity contribution in [3.8, 4) is 11.1 Å². The fourth-order valence-corrected chi connectivity index (χ4v) is 3.78. The highest BCUT2D eigenvalue weighted by Gasteiger charge is 2.48. The number of nitrogens with zero attached hydrogens (tertiary/aromatic N) is 4. The summed E-state index contributed by atoms with van der Waals surface area (Å²) in [6, 6.07) is 15.7. The van der Waals surface area contributed by atoms with Gasteiger partial charge in [0.25, 0.3) is 0 Å². The first-order valence-electron chi connectivity index (χ1n) is 9.57. The second-order valence-corrected chi connectivity index (χ2v) is 7.27. The Morgan fingerprint density at radius 1 is 1.20 bits per heavy atom. The number of nitrogens with two attached hydrogens (primary N) is 1. The van der Waals surface area contributed by atoms with E-state index >= 15 is 0 Å². The molecule has 2 aromatic carbocycles. The summed E-state index contributed by atoms with van der Waals surface area (Å²) in [7, 11) is 0. The summed E-state index contributed by atoms with van der Waals surface area (Å²) < 4.78 is 5.46. The van der Waals surface area contributed by atoms with Crippen LogP contribution < -0.4 is 5.73 Å². The summed E-state index contributed by atoms with van der Waals surface area (Å²) in [5.74, 6) is -1.51. The number of hydrogen-bond acceptors (Lipinski definition) is 5. The monoisotopic (exact) mass is 409 g/mol. The highest BCUT2D eigenvalue weighted by molar-refractivity contribution is 5.84. The Balaban J connectivity index is 1.84. The number of ether oxygens (including phenoxy) is 1. The van der Waals surface area contributed by atoms with Gasteiger partial charge in [-0.25, -0.2) is 4.79 Å². The number of hydrogen-bond donors (Lipinski definition) is 2. The van der Waals surface area contributed by atoms with Gasteiger partial charge in [-0.2, -0.15) is 9.71 Å². The third kappa shape index (κ3) is 3.80. The van der Waals surface area contributed by atoms with E-state index in [0.717, 1.165) is 22.3 Å². The van der Waals surface area contributed by atoms with Gasteiger partial charge in [0, 0.05) is 12.3 Å². The van der Waals surface area contributed by atoms with Crippen LogP contribution in [-0.4, -0.2) is 40.9 Å². The standard InChI is InChI=1S/C21H23N5O4/c1-21(19(27)28,11-6-12-22)26(25-24-23)20(29)30-13-18-16-9-4-2-7-14(16)15-8-3-5-10-17(15)18/h2-5,7-10,18H,6,11-13,22H2,1H3,(H,27,28)/t21-/m0/s1. The van der Waals surface area contributed by atoms with Crippen molar-refractivity contribution in [3.05, 3.63) is 70.1 Å². The van der Waals surface area contributed by atoms with Crippen LogP contribution in [0.2, 0.25) is 0 Å².